The van der Waals surface area contributed by atoms with Crippen LogP contribution in [0.5, 0.6) is 0 Å². The molecule has 6 heteroatoms. The molecular formula is C17H13N5S. The van der Waals surface area contributed by atoms with Crippen molar-refractivity contribution in [3.05, 3.63) is 54.9 Å². The van der Waals surface area contributed by atoms with E-state index in [0.717, 1.165) is 38.7 Å². The molecule has 3 aromatic heterocycles. The molecule has 112 valence electrons. The van der Waals surface area contributed by atoms with Gasteiger partial charge in [-0.2, -0.15) is 5.10 Å². The van der Waals surface area contributed by atoms with Crippen LogP contribution in [0.15, 0.2) is 60.0 Å². The third kappa shape index (κ3) is 2.57. The maximum atomic E-state index is 4.75. The van der Waals surface area contributed by atoms with Crippen LogP contribution >= 0.6 is 11.8 Å². The normalized spacial score (nSPS) is 11.0. The predicted molar refractivity (Wildman–Crippen MR) is 92.1 cm³/mol. The highest BCUT2D eigenvalue weighted by atomic mass is 32.2. The number of hydrogen-bond donors (Lipinski definition) is 1. The van der Waals surface area contributed by atoms with Gasteiger partial charge in [0.1, 0.15) is 0 Å². The van der Waals surface area contributed by atoms with Crippen LogP contribution in [0.1, 0.15) is 0 Å². The maximum Gasteiger partial charge on any atom is 0.187 e. The molecule has 5 nitrogen and oxygen atoms in total. The van der Waals surface area contributed by atoms with Gasteiger partial charge in [0.2, 0.25) is 0 Å². The van der Waals surface area contributed by atoms with Crippen LogP contribution in [0.2, 0.25) is 0 Å². The number of hydrogen-bond acceptors (Lipinski definition) is 5. The Morgan fingerprint density at radius 3 is 2.74 bits per heavy atom. The van der Waals surface area contributed by atoms with Crippen molar-refractivity contribution in [2.24, 2.45) is 0 Å². The van der Waals surface area contributed by atoms with E-state index in [-0.39, 0.29) is 0 Å². The lowest BCUT2D eigenvalue weighted by atomic mass is 10.0. The second-order valence-electron chi connectivity index (χ2n) is 4.99. The minimum atomic E-state index is 0.744. The van der Waals surface area contributed by atoms with Crippen LogP contribution in [-0.4, -0.2) is 31.4 Å². The fourth-order valence-corrected chi connectivity index (χ4v) is 2.84. The number of thioether (sulfide) groups is 1. The SMILES string of the molecule is CSc1nccc(-c2cc3cn[nH]c3nc2-c2ccccc2)n1. The summed E-state index contributed by atoms with van der Waals surface area (Å²) in [4.78, 5) is 13.6. The average molecular weight is 319 g/mol. The Kier molecular flexibility index (Phi) is 3.51. The number of fused-ring (bicyclic) bond motifs is 1. The van der Waals surface area contributed by atoms with Gasteiger partial charge in [0.25, 0.3) is 0 Å². The van der Waals surface area contributed by atoms with Crippen molar-refractivity contribution in [2.75, 3.05) is 6.26 Å². The fourth-order valence-electron chi connectivity index (χ4n) is 2.48. The number of pyridine rings is 1. The standard InChI is InChI=1S/C17H13N5S/c1-23-17-18-8-7-14(20-17)13-9-12-10-19-22-16(12)21-15(13)11-5-3-2-4-6-11/h2-10H,1H3,(H,19,21,22). The van der Waals surface area contributed by atoms with Crippen LogP contribution in [0, 0.1) is 0 Å². The third-order valence-electron chi connectivity index (χ3n) is 3.57. The van der Waals surface area contributed by atoms with Gasteiger partial charge in [-0.15, -0.1) is 0 Å². The Bertz CT molecular complexity index is 965. The first kappa shape index (κ1) is 13.9. The minimum absolute atomic E-state index is 0.744. The van der Waals surface area contributed by atoms with E-state index in [2.05, 4.69) is 26.2 Å². The molecule has 0 spiro atoms. The zero-order valence-corrected chi connectivity index (χ0v) is 13.2. The van der Waals surface area contributed by atoms with Crippen LogP contribution in [0.25, 0.3) is 33.5 Å². The molecule has 1 aromatic carbocycles. The van der Waals surface area contributed by atoms with Gasteiger partial charge in [-0.3, -0.25) is 5.10 Å². The second-order valence-corrected chi connectivity index (χ2v) is 5.76. The number of aromatic amines is 1. The smallest absolute Gasteiger partial charge is 0.187 e. The molecule has 0 atom stereocenters. The molecule has 0 radical (unpaired) electrons. The molecule has 0 amide bonds. The topological polar surface area (TPSA) is 67.3 Å². The second kappa shape index (κ2) is 5.81. The lowest BCUT2D eigenvalue weighted by molar-refractivity contribution is 0.976. The molecule has 0 saturated heterocycles. The van der Waals surface area contributed by atoms with Crippen molar-refractivity contribution in [3.8, 4) is 22.5 Å². The van der Waals surface area contributed by atoms with Crippen LogP contribution in [-0.2, 0) is 0 Å². The zero-order chi connectivity index (χ0) is 15.6. The quantitative estimate of drug-likeness (QED) is 0.459. The van der Waals surface area contributed by atoms with Gasteiger partial charge in [-0.05, 0) is 18.4 Å². The van der Waals surface area contributed by atoms with E-state index in [1.165, 1.54) is 11.8 Å². The molecule has 3 heterocycles. The number of aromatic nitrogens is 5. The summed E-state index contributed by atoms with van der Waals surface area (Å²) in [6, 6.07) is 14.1. The Balaban J connectivity index is 1.99. The molecule has 4 aromatic rings. The Morgan fingerprint density at radius 1 is 1.04 bits per heavy atom. The lowest BCUT2D eigenvalue weighted by Crippen LogP contribution is -1.94. The van der Waals surface area contributed by atoms with Gasteiger partial charge < -0.3 is 0 Å². The van der Waals surface area contributed by atoms with Crippen molar-refractivity contribution in [2.45, 2.75) is 5.16 Å². The van der Waals surface area contributed by atoms with E-state index in [9.17, 15) is 0 Å². The number of nitrogens with zero attached hydrogens (tertiary/aromatic N) is 4. The molecule has 0 aliphatic heterocycles. The molecule has 4 rings (SSSR count). The first-order valence-electron chi connectivity index (χ1n) is 7.12. The van der Waals surface area contributed by atoms with Gasteiger partial charge in [0.05, 0.1) is 17.6 Å². The zero-order valence-electron chi connectivity index (χ0n) is 12.4. The Morgan fingerprint density at radius 2 is 1.91 bits per heavy atom. The van der Waals surface area contributed by atoms with E-state index < -0.39 is 0 Å². The molecule has 0 saturated carbocycles. The Labute approximate surface area is 137 Å². The maximum absolute atomic E-state index is 4.75. The molecule has 1 N–H and O–H groups in total. The van der Waals surface area contributed by atoms with Gasteiger partial charge >= 0.3 is 0 Å². The summed E-state index contributed by atoms with van der Waals surface area (Å²) < 4.78 is 0. The molecule has 0 aliphatic rings. The summed E-state index contributed by atoms with van der Waals surface area (Å²) in [5.74, 6) is 0. The van der Waals surface area contributed by atoms with Crippen molar-refractivity contribution in [1.82, 2.24) is 25.1 Å². The average Bonchev–Trinajstić information content (AvgIpc) is 3.09. The predicted octanol–water partition coefficient (Wildman–Crippen LogP) is 3.80. The van der Waals surface area contributed by atoms with Gasteiger partial charge in [0.15, 0.2) is 10.8 Å². The third-order valence-corrected chi connectivity index (χ3v) is 4.13. The summed E-state index contributed by atoms with van der Waals surface area (Å²) >= 11 is 1.52. The van der Waals surface area contributed by atoms with Crippen molar-refractivity contribution < 1.29 is 0 Å². The summed E-state index contributed by atoms with van der Waals surface area (Å²) in [6.07, 6.45) is 5.52. The summed E-state index contributed by atoms with van der Waals surface area (Å²) in [5, 5.41) is 8.72. The molecule has 0 bridgehead atoms. The van der Waals surface area contributed by atoms with Crippen LogP contribution in [0.4, 0.5) is 0 Å². The molecular weight excluding hydrogens is 306 g/mol. The first-order chi connectivity index (χ1) is 11.3. The van der Waals surface area contributed by atoms with Gasteiger partial charge in [-0.25, -0.2) is 15.0 Å². The van der Waals surface area contributed by atoms with Gasteiger partial charge in [-0.1, -0.05) is 42.1 Å². The highest BCUT2D eigenvalue weighted by molar-refractivity contribution is 7.98. The summed E-state index contributed by atoms with van der Waals surface area (Å²) in [6.45, 7) is 0. The van der Waals surface area contributed by atoms with Crippen LogP contribution < -0.4 is 0 Å². The number of benzene rings is 1. The monoisotopic (exact) mass is 319 g/mol. The van der Waals surface area contributed by atoms with E-state index in [4.69, 9.17) is 4.98 Å². The van der Waals surface area contributed by atoms with Crippen molar-refractivity contribution in [3.63, 3.8) is 0 Å². The highest BCUT2D eigenvalue weighted by Gasteiger charge is 2.13. The first-order valence-corrected chi connectivity index (χ1v) is 8.34. The number of rotatable bonds is 3. The van der Waals surface area contributed by atoms with E-state index >= 15 is 0 Å². The van der Waals surface area contributed by atoms with Crippen molar-refractivity contribution >= 4 is 22.8 Å². The summed E-state index contributed by atoms with van der Waals surface area (Å²) in [5.41, 5.74) is 4.53. The highest BCUT2D eigenvalue weighted by Crippen LogP contribution is 2.32. The number of H-pyrrole nitrogens is 1. The lowest BCUT2D eigenvalue weighted by Gasteiger charge is -2.09. The van der Waals surface area contributed by atoms with Crippen LogP contribution in [0.3, 0.4) is 0 Å². The minimum Gasteiger partial charge on any atom is -0.261 e. The molecule has 0 aliphatic carbocycles. The number of nitrogens with one attached hydrogen (secondary N) is 1. The van der Waals surface area contributed by atoms with E-state index in [1.807, 2.05) is 42.7 Å². The Hall–Kier alpha value is -2.73. The van der Waals surface area contributed by atoms with E-state index in [1.54, 1.807) is 12.4 Å². The van der Waals surface area contributed by atoms with Crippen molar-refractivity contribution in [1.29, 1.82) is 0 Å². The fraction of sp³-hybridized carbons (Fsp3) is 0.0588. The van der Waals surface area contributed by atoms with E-state index in [0.29, 0.717) is 0 Å². The molecule has 0 fully saturated rings. The molecule has 0 unspecified atom stereocenters. The largest absolute Gasteiger partial charge is 0.261 e. The summed E-state index contributed by atoms with van der Waals surface area (Å²) in [7, 11) is 0. The molecule has 23 heavy (non-hydrogen) atoms. The van der Waals surface area contributed by atoms with Gasteiger partial charge in [0, 0.05) is 22.7 Å².